The third-order valence-corrected chi connectivity index (χ3v) is 3.67. The molecule has 4 nitrogen and oxygen atoms in total. The van der Waals surface area contributed by atoms with Crippen molar-refractivity contribution in [2.24, 2.45) is 5.92 Å². The Morgan fingerprint density at radius 3 is 2.59 bits per heavy atom. The van der Waals surface area contributed by atoms with Gasteiger partial charge in [-0.15, -0.1) is 0 Å². The number of carbonyl (C=O) groups excluding carboxylic acids is 1. The summed E-state index contributed by atoms with van der Waals surface area (Å²) in [7, 11) is 1.45. The van der Waals surface area contributed by atoms with Crippen molar-refractivity contribution in [3.8, 4) is 0 Å². The quantitative estimate of drug-likeness (QED) is 0.542. The van der Waals surface area contributed by atoms with Gasteiger partial charge in [-0.25, -0.2) is 0 Å². The molecule has 0 bridgehead atoms. The van der Waals surface area contributed by atoms with E-state index in [0.29, 0.717) is 18.6 Å². The van der Waals surface area contributed by atoms with Crippen molar-refractivity contribution >= 4 is 5.97 Å². The molecule has 2 rings (SSSR count). The van der Waals surface area contributed by atoms with E-state index in [1.807, 2.05) is 0 Å². The highest BCUT2D eigenvalue weighted by Crippen LogP contribution is 2.33. The van der Waals surface area contributed by atoms with E-state index in [9.17, 15) is 4.79 Å². The molecule has 2 saturated carbocycles. The minimum absolute atomic E-state index is 0.118. The molecule has 1 N–H and O–H groups in total. The Morgan fingerprint density at radius 2 is 2.00 bits per heavy atom. The molecule has 0 heterocycles. The predicted molar refractivity (Wildman–Crippen MR) is 64.7 cm³/mol. The number of ether oxygens (including phenoxy) is 2. The number of esters is 1. The molecule has 4 heteroatoms. The fourth-order valence-corrected chi connectivity index (χ4v) is 2.49. The van der Waals surface area contributed by atoms with Crippen LogP contribution in [0.15, 0.2) is 0 Å². The molecular weight excluding hydrogens is 218 g/mol. The van der Waals surface area contributed by atoms with Gasteiger partial charge in [-0.3, -0.25) is 4.79 Å². The third kappa shape index (κ3) is 3.96. The topological polar surface area (TPSA) is 47.6 Å². The lowest BCUT2D eigenvalue weighted by atomic mass is 10.2. The molecule has 0 aromatic heterocycles. The fourth-order valence-electron chi connectivity index (χ4n) is 2.49. The maximum atomic E-state index is 11.5. The van der Waals surface area contributed by atoms with E-state index >= 15 is 0 Å². The third-order valence-electron chi connectivity index (χ3n) is 3.67. The highest BCUT2D eigenvalue weighted by molar-refractivity contribution is 5.76. The lowest BCUT2D eigenvalue weighted by Crippen LogP contribution is -2.41. The van der Waals surface area contributed by atoms with Crippen LogP contribution in [0.4, 0.5) is 0 Å². The Morgan fingerprint density at radius 1 is 1.29 bits per heavy atom. The van der Waals surface area contributed by atoms with Crippen LogP contribution < -0.4 is 5.32 Å². The molecule has 0 aromatic rings. The van der Waals surface area contributed by atoms with Gasteiger partial charge in [0.2, 0.25) is 0 Å². The normalized spacial score (nSPS) is 22.6. The lowest BCUT2D eigenvalue weighted by Gasteiger charge is -2.17. The van der Waals surface area contributed by atoms with Crippen LogP contribution in [0.2, 0.25) is 0 Å². The van der Waals surface area contributed by atoms with Gasteiger partial charge in [0.25, 0.3) is 0 Å². The second kappa shape index (κ2) is 6.36. The lowest BCUT2D eigenvalue weighted by molar-refractivity contribution is -0.143. The Bertz CT molecular complexity index is 247. The molecule has 1 unspecified atom stereocenters. The van der Waals surface area contributed by atoms with Crippen molar-refractivity contribution in [2.75, 3.05) is 20.3 Å². The number of rotatable bonds is 7. The summed E-state index contributed by atoms with van der Waals surface area (Å²) in [6.45, 7) is 1.44. The van der Waals surface area contributed by atoms with Gasteiger partial charge in [-0.1, -0.05) is 12.8 Å². The number of methoxy groups -OCH3 is 1. The highest BCUT2D eigenvalue weighted by Gasteiger charge is 2.36. The molecule has 0 saturated heterocycles. The summed E-state index contributed by atoms with van der Waals surface area (Å²) in [5.41, 5.74) is 0. The Kier molecular flexibility index (Phi) is 4.80. The molecule has 0 spiro atoms. The molecule has 0 aromatic carbocycles. The van der Waals surface area contributed by atoms with Crippen LogP contribution in [0.5, 0.6) is 0 Å². The zero-order chi connectivity index (χ0) is 12.1. The van der Waals surface area contributed by atoms with E-state index in [4.69, 9.17) is 9.47 Å². The maximum absolute atomic E-state index is 11.5. The van der Waals surface area contributed by atoms with Gasteiger partial charge < -0.3 is 14.8 Å². The molecule has 2 aliphatic carbocycles. The average Bonchev–Trinajstić information content (AvgIpc) is 3.04. The molecule has 2 aliphatic rings. The van der Waals surface area contributed by atoms with E-state index in [2.05, 4.69) is 5.32 Å². The molecule has 98 valence electrons. The molecule has 0 amide bonds. The van der Waals surface area contributed by atoms with E-state index in [1.165, 1.54) is 32.8 Å². The second-order valence-electron chi connectivity index (χ2n) is 5.07. The van der Waals surface area contributed by atoms with E-state index < -0.39 is 0 Å². The molecule has 1 atom stereocenters. The van der Waals surface area contributed by atoms with Crippen molar-refractivity contribution in [3.63, 3.8) is 0 Å². The SMILES string of the molecule is COC(=O)C(NCCOC1CCCC1)C1CC1. The Labute approximate surface area is 103 Å². The first-order chi connectivity index (χ1) is 8.31. The van der Waals surface area contributed by atoms with Crippen molar-refractivity contribution in [1.29, 1.82) is 0 Å². The van der Waals surface area contributed by atoms with E-state index in [-0.39, 0.29) is 12.0 Å². The minimum Gasteiger partial charge on any atom is -0.468 e. The van der Waals surface area contributed by atoms with Crippen molar-refractivity contribution in [2.45, 2.75) is 50.7 Å². The zero-order valence-corrected chi connectivity index (χ0v) is 10.6. The van der Waals surface area contributed by atoms with E-state index in [1.54, 1.807) is 0 Å². The maximum Gasteiger partial charge on any atom is 0.323 e. The monoisotopic (exact) mass is 241 g/mol. The van der Waals surface area contributed by atoms with Gasteiger partial charge in [0.1, 0.15) is 6.04 Å². The van der Waals surface area contributed by atoms with Crippen LogP contribution in [0.25, 0.3) is 0 Å². The van der Waals surface area contributed by atoms with Gasteiger partial charge >= 0.3 is 5.97 Å². The summed E-state index contributed by atoms with van der Waals surface area (Å²) in [6, 6.07) is -0.118. The van der Waals surface area contributed by atoms with Gasteiger partial charge in [0, 0.05) is 6.54 Å². The fraction of sp³-hybridized carbons (Fsp3) is 0.923. The van der Waals surface area contributed by atoms with Crippen molar-refractivity contribution < 1.29 is 14.3 Å². The van der Waals surface area contributed by atoms with Crippen LogP contribution in [0.3, 0.4) is 0 Å². The first-order valence-corrected chi connectivity index (χ1v) is 6.74. The molecule has 0 radical (unpaired) electrons. The van der Waals surface area contributed by atoms with Gasteiger partial charge in [0.05, 0.1) is 19.8 Å². The number of nitrogens with one attached hydrogen (secondary N) is 1. The van der Waals surface area contributed by atoms with Crippen molar-refractivity contribution in [3.05, 3.63) is 0 Å². The average molecular weight is 241 g/mol. The van der Waals surface area contributed by atoms with Crippen LogP contribution in [-0.4, -0.2) is 38.4 Å². The summed E-state index contributed by atoms with van der Waals surface area (Å²) in [5.74, 6) is 0.349. The van der Waals surface area contributed by atoms with Crippen LogP contribution in [-0.2, 0) is 14.3 Å². The van der Waals surface area contributed by atoms with Crippen molar-refractivity contribution in [1.82, 2.24) is 5.32 Å². The largest absolute Gasteiger partial charge is 0.468 e. The van der Waals surface area contributed by atoms with Crippen LogP contribution in [0, 0.1) is 5.92 Å². The predicted octanol–water partition coefficient (Wildman–Crippen LogP) is 1.49. The number of hydrogen-bond donors (Lipinski definition) is 1. The van der Waals surface area contributed by atoms with Gasteiger partial charge in [-0.2, -0.15) is 0 Å². The number of hydrogen-bond acceptors (Lipinski definition) is 4. The Balaban J connectivity index is 1.60. The summed E-state index contributed by atoms with van der Waals surface area (Å²) >= 11 is 0. The smallest absolute Gasteiger partial charge is 0.323 e. The van der Waals surface area contributed by atoms with Gasteiger partial charge in [-0.05, 0) is 31.6 Å². The molecular formula is C13H23NO3. The zero-order valence-electron chi connectivity index (χ0n) is 10.6. The standard InChI is InChI=1S/C13H23NO3/c1-16-13(15)12(10-6-7-10)14-8-9-17-11-4-2-3-5-11/h10-12,14H,2-9H2,1H3. The summed E-state index contributed by atoms with van der Waals surface area (Å²) in [6.07, 6.45) is 7.71. The molecule has 2 fully saturated rings. The first-order valence-electron chi connectivity index (χ1n) is 6.74. The molecule has 0 aliphatic heterocycles. The van der Waals surface area contributed by atoms with Crippen LogP contribution >= 0.6 is 0 Å². The summed E-state index contributed by atoms with van der Waals surface area (Å²) < 4.78 is 10.6. The minimum atomic E-state index is -0.131. The van der Waals surface area contributed by atoms with Gasteiger partial charge in [0.15, 0.2) is 0 Å². The van der Waals surface area contributed by atoms with E-state index in [0.717, 1.165) is 19.4 Å². The van der Waals surface area contributed by atoms with Crippen LogP contribution in [0.1, 0.15) is 38.5 Å². The first kappa shape index (κ1) is 12.8. The number of carbonyl (C=O) groups is 1. The summed E-state index contributed by atoms with van der Waals surface area (Å²) in [4.78, 5) is 11.5. The highest BCUT2D eigenvalue weighted by atomic mass is 16.5. The summed E-state index contributed by atoms with van der Waals surface area (Å²) in [5, 5.41) is 3.26. The second-order valence-corrected chi connectivity index (χ2v) is 5.07. The molecule has 17 heavy (non-hydrogen) atoms. The Hall–Kier alpha value is -0.610.